The summed E-state index contributed by atoms with van der Waals surface area (Å²) in [6.07, 6.45) is 2.92. The molecule has 0 fully saturated rings. The number of pyridine rings is 1. The van der Waals surface area contributed by atoms with Crippen molar-refractivity contribution in [2.24, 2.45) is 0 Å². The molecule has 0 amide bonds. The third-order valence-corrected chi connectivity index (χ3v) is 3.24. The van der Waals surface area contributed by atoms with Gasteiger partial charge in [0.25, 0.3) is 0 Å². The molecule has 114 valence electrons. The molecule has 2 aromatic rings. The number of nitrogens with zero attached hydrogens (tertiary/aromatic N) is 3. The van der Waals surface area contributed by atoms with Crippen LogP contribution in [0, 0.1) is 5.82 Å². The van der Waals surface area contributed by atoms with Gasteiger partial charge in [-0.05, 0) is 32.5 Å². The fourth-order valence-corrected chi connectivity index (χ4v) is 2.30. The normalized spacial score (nSPS) is 12.7. The minimum atomic E-state index is -0.349. The summed E-state index contributed by atoms with van der Waals surface area (Å²) in [4.78, 5) is 4.19. The molecular formula is C15H21FN4O. The Kier molecular flexibility index (Phi) is 4.90. The summed E-state index contributed by atoms with van der Waals surface area (Å²) >= 11 is 0. The summed E-state index contributed by atoms with van der Waals surface area (Å²) in [5.41, 5.74) is 1.63. The zero-order valence-electron chi connectivity index (χ0n) is 12.8. The fraction of sp³-hybridized carbons (Fsp3) is 0.467. The van der Waals surface area contributed by atoms with Crippen molar-refractivity contribution >= 4 is 0 Å². The highest BCUT2D eigenvalue weighted by molar-refractivity contribution is 5.34. The standard InChI is InChI=1S/C15H21FN4O/c1-5-17-14(12-7-6-11(16)8-18-12)15-13(21-4)9-19-20(15)10(2)3/h6-10,14,17H,5H2,1-4H3. The van der Waals surface area contributed by atoms with Crippen LogP contribution in [-0.4, -0.2) is 28.4 Å². The van der Waals surface area contributed by atoms with E-state index in [2.05, 4.69) is 29.2 Å². The molecule has 0 aliphatic rings. The number of rotatable bonds is 6. The maximum absolute atomic E-state index is 13.1. The first-order valence-corrected chi connectivity index (χ1v) is 7.04. The van der Waals surface area contributed by atoms with Crippen molar-refractivity contribution in [2.75, 3.05) is 13.7 Å². The van der Waals surface area contributed by atoms with Crippen LogP contribution in [0.3, 0.4) is 0 Å². The van der Waals surface area contributed by atoms with Crippen LogP contribution in [0.25, 0.3) is 0 Å². The summed E-state index contributed by atoms with van der Waals surface area (Å²) in [5, 5.41) is 7.75. The molecule has 2 aromatic heterocycles. The Bertz CT molecular complexity index is 580. The Balaban J connectivity index is 2.51. The first kappa shape index (κ1) is 15.4. The highest BCUT2D eigenvalue weighted by Crippen LogP contribution is 2.31. The predicted octanol–water partition coefficient (Wildman–Crippen LogP) is 2.71. The largest absolute Gasteiger partial charge is 0.493 e. The SMILES string of the molecule is CCNC(c1ccc(F)cn1)c1c(OC)cnn1C(C)C. The van der Waals surface area contributed by atoms with Crippen LogP contribution in [0.1, 0.15) is 44.2 Å². The number of halogens is 1. The van der Waals surface area contributed by atoms with Crippen molar-refractivity contribution in [3.05, 3.63) is 41.7 Å². The van der Waals surface area contributed by atoms with Gasteiger partial charge in [-0.1, -0.05) is 6.92 Å². The summed E-state index contributed by atoms with van der Waals surface area (Å²) < 4.78 is 20.4. The zero-order valence-corrected chi connectivity index (χ0v) is 12.8. The van der Waals surface area contributed by atoms with Crippen molar-refractivity contribution in [3.8, 4) is 5.75 Å². The van der Waals surface area contributed by atoms with Crippen molar-refractivity contribution in [3.63, 3.8) is 0 Å². The average molecular weight is 292 g/mol. The molecular weight excluding hydrogens is 271 g/mol. The monoisotopic (exact) mass is 292 g/mol. The van der Waals surface area contributed by atoms with E-state index in [9.17, 15) is 4.39 Å². The van der Waals surface area contributed by atoms with Crippen LogP contribution >= 0.6 is 0 Å². The molecule has 2 rings (SSSR count). The Labute approximate surface area is 124 Å². The number of methoxy groups -OCH3 is 1. The van der Waals surface area contributed by atoms with E-state index in [4.69, 9.17) is 4.74 Å². The quantitative estimate of drug-likeness (QED) is 0.889. The van der Waals surface area contributed by atoms with Crippen LogP contribution < -0.4 is 10.1 Å². The fourth-order valence-electron chi connectivity index (χ4n) is 2.30. The third-order valence-electron chi connectivity index (χ3n) is 3.24. The smallest absolute Gasteiger partial charge is 0.162 e. The van der Waals surface area contributed by atoms with Crippen LogP contribution in [0.2, 0.25) is 0 Å². The molecule has 2 heterocycles. The van der Waals surface area contributed by atoms with E-state index in [-0.39, 0.29) is 17.9 Å². The van der Waals surface area contributed by atoms with Gasteiger partial charge in [-0.25, -0.2) is 4.39 Å². The number of hydrogen-bond donors (Lipinski definition) is 1. The second kappa shape index (κ2) is 6.67. The first-order chi connectivity index (χ1) is 10.1. The highest BCUT2D eigenvalue weighted by atomic mass is 19.1. The minimum Gasteiger partial charge on any atom is -0.493 e. The number of ether oxygens (including phenoxy) is 1. The molecule has 0 saturated heterocycles. The average Bonchev–Trinajstić information content (AvgIpc) is 2.89. The van der Waals surface area contributed by atoms with Gasteiger partial charge >= 0.3 is 0 Å². The second-order valence-corrected chi connectivity index (χ2v) is 5.03. The number of hydrogen-bond acceptors (Lipinski definition) is 4. The molecule has 0 aromatic carbocycles. The maximum atomic E-state index is 13.1. The van der Waals surface area contributed by atoms with Crippen LogP contribution in [-0.2, 0) is 0 Å². The molecule has 0 saturated carbocycles. The van der Waals surface area contributed by atoms with E-state index in [0.29, 0.717) is 5.75 Å². The second-order valence-electron chi connectivity index (χ2n) is 5.03. The minimum absolute atomic E-state index is 0.186. The summed E-state index contributed by atoms with van der Waals surface area (Å²) in [7, 11) is 1.62. The zero-order chi connectivity index (χ0) is 15.4. The maximum Gasteiger partial charge on any atom is 0.162 e. The molecule has 6 heteroatoms. The third kappa shape index (κ3) is 3.21. The molecule has 0 bridgehead atoms. The van der Waals surface area contributed by atoms with E-state index in [1.165, 1.54) is 12.3 Å². The number of nitrogens with one attached hydrogen (secondary N) is 1. The summed E-state index contributed by atoms with van der Waals surface area (Å²) in [6, 6.07) is 3.08. The van der Waals surface area contributed by atoms with E-state index in [1.807, 2.05) is 11.6 Å². The predicted molar refractivity (Wildman–Crippen MR) is 78.9 cm³/mol. The van der Waals surface area contributed by atoms with Gasteiger partial charge in [0.05, 0.1) is 31.2 Å². The van der Waals surface area contributed by atoms with Crippen molar-refractivity contribution in [2.45, 2.75) is 32.9 Å². The van der Waals surface area contributed by atoms with Gasteiger partial charge in [0, 0.05) is 6.04 Å². The molecule has 5 nitrogen and oxygen atoms in total. The summed E-state index contributed by atoms with van der Waals surface area (Å²) in [6.45, 7) is 6.86. The molecule has 0 spiro atoms. The van der Waals surface area contributed by atoms with Gasteiger partial charge in [0.2, 0.25) is 0 Å². The Morgan fingerprint density at radius 1 is 1.33 bits per heavy atom. The lowest BCUT2D eigenvalue weighted by Crippen LogP contribution is -2.26. The molecule has 21 heavy (non-hydrogen) atoms. The lowest BCUT2D eigenvalue weighted by atomic mass is 10.1. The lowest BCUT2D eigenvalue weighted by molar-refractivity contribution is 0.393. The van der Waals surface area contributed by atoms with Gasteiger partial charge in [0.15, 0.2) is 5.75 Å². The Morgan fingerprint density at radius 2 is 2.10 bits per heavy atom. The molecule has 0 aliphatic heterocycles. The Hall–Kier alpha value is -1.95. The molecule has 1 atom stereocenters. The van der Waals surface area contributed by atoms with Crippen LogP contribution in [0.4, 0.5) is 4.39 Å². The molecule has 0 radical (unpaired) electrons. The lowest BCUT2D eigenvalue weighted by Gasteiger charge is -2.21. The highest BCUT2D eigenvalue weighted by Gasteiger charge is 2.25. The molecule has 0 aliphatic carbocycles. The van der Waals surface area contributed by atoms with Gasteiger partial charge in [-0.2, -0.15) is 5.10 Å². The molecule has 1 N–H and O–H groups in total. The number of aromatic nitrogens is 3. The van der Waals surface area contributed by atoms with E-state index >= 15 is 0 Å². The van der Waals surface area contributed by atoms with Crippen molar-refractivity contribution in [1.82, 2.24) is 20.1 Å². The Morgan fingerprint density at radius 3 is 2.62 bits per heavy atom. The van der Waals surface area contributed by atoms with E-state index in [0.717, 1.165) is 17.9 Å². The van der Waals surface area contributed by atoms with Gasteiger partial charge < -0.3 is 10.1 Å². The van der Waals surface area contributed by atoms with Gasteiger partial charge in [-0.3, -0.25) is 9.67 Å². The molecule has 1 unspecified atom stereocenters. The summed E-state index contributed by atoms with van der Waals surface area (Å²) in [5.74, 6) is 0.346. The van der Waals surface area contributed by atoms with Crippen molar-refractivity contribution < 1.29 is 9.13 Å². The van der Waals surface area contributed by atoms with Crippen LogP contribution in [0.15, 0.2) is 24.5 Å². The van der Waals surface area contributed by atoms with Crippen LogP contribution in [0.5, 0.6) is 5.75 Å². The van der Waals surface area contributed by atoms with Crippen molar-refractivity contribution in [1.29, 1.82) is 0 Å². The van der Waals surface area contributed by atoms with Gasteiger partial charge in [0.1, 0.15) is 11.5 Å². The van der Waals surface area contributed by atoms with E-state index < -0.39 is 0 Å². The topological polar surface area (TPSA) is 52.0 Å². The van der Waals surface area contributed by atoms with Gasteiger partial charge in [-0.15, -0.1) is 0 Å². The first-order valence-electron chi connectivity index (χ1n) is 7.04. The van der Waals surface area contributed by atoms with E-state index in [1.54, 1.807) is 19.4 Å².